The SMILES string of the molecule is COC(=O)CCN(CC1CCCO1)C(=O)c1ccc(Br)cc1. The lowest BCUT2D eigenvalue weighted by molar-refractivity contribution is -0.140. The number of esters is 1. The van der Waals surface area contributed by atoms with Crippen LogP contribution in [-0.4, -0.2) is 49.7 Å². The van der Waals surface area contributed by atoms with Crippen molar-refractivity contribution in [2.45, 2.75) is 25.4 Å². The Morgan fingerprint density at radius 3 is 2.68 bits per heavy atom. The standard InChI is InChI=1S/C16H20BrNO4/c1-21-15(19)8-9-18(11-14-3-2-10-22-14)16(20)12-4-6-13(17)7-5-12/h4-7,14H,2-3,8-11H2,1H3. The quantitative estimate of drug-likeness (QED) is 0.723. The average Bonchev–Trinajstić information content (AvgIpc) is 3.04. The van der Waals surface area contributed by atoms with Gasteiger partial charge in [0, 0.05) is 29.7 Å². The average molecular weight is 370 g/mol. The summed E-state index contributed by atoms with van der Waals surface area (Å²) in [5.74, 6) is -0.409. The van der Waals surface area contributed by atoms with Gasteiger partial charge in [0.1, 0.15) is 0 Å². The van der Waals surface area contributed by atoms with Crippen molar-refractivity contribution >= 4 is 27.8 Å². The highest BCUT2D eigenvalue weighted by Crippen LogP contribution is 2.17. The van der Waals surface area contributed by atoms with Crippen LogP contribution >= 0.6 is 15.9 Å². The van der Waals surface area contributed by atoms with Gasteiger partial charge in [0.15, 0.2) is 0 Å². The molecule has 0 aliphatic carbocycles. The monoisotopic (exact) mass is 369 g/mol. The third kappa shape index (κ3) is 4.81. The van der Waals surface area contributed by atoms with Crippen molar-refractivity contribution in [1.29, 1.82) is 0 Å². The van der Waals surface area contributed by atoms with E-state index in [1.165, 1.54) is 7.11 Å². The molecule has 1 fully saturated rings. The maximum absolute atomic E-state index is 12.6. The molecule has 1 amide bonds. The highest BCUT2D eigenvalue weighted by molar-refractivity contribution is 9.10. The molecule has 1 heterocycles. The second-order valence-corrected chi connectivity index (χ2v) is 6.13. The van der Waals surface area contributed by atoms with Gasteiger partial charge in [-0.05, 0) is 37.1 Å². The molecule has 6 heteroatoms. The van der Waals surface area contributed by atoms with E-state index in [0.717, 1.165) is 23.9 Å². The highest BCUT2D eigenvalue weighted by atomic mass is 79.9. The molecule has 0 N–H and O–H groups in total. The lowest BCUT2D eigenvalue weighted by atomic mass is 10.1. The van der Waals surface area contributed by atoms with Crippen molar-refractivity contribution < 1.29 is 19.1 Å². The van der Waals surface area contributed by atoms with Gasteiger partial charge >= 0.3 is 5.97 Å². The third-order valence-corrected chi connectivity index (χ3v) is 4.17. The molecule has 1 aromatic rings. The minimum Gasteiger partial charge on any atom is -0.469 e. The Balaban J connectivity index is 2.05. The van der Waals surface area contributed by atoms with Crippen LogP contribution in [0.15, 0.2) is 28.7 Å². The normalized spacial score (nSPS) is 17.3. The first-order valence-electron chi connectivity index (χ1n) is 7.33. The number of halogens is 1. The van der Waals surface area contributed by atoms with Crippen molar-refractivity contribution in [3.05, 3.63) is 34.3 Å². The first-order chi connectivity index (χ1) is 10.6. The van der Waals surface area contributed by atoms with Gasteiger partial charge in [0.25, 0.3) is 5.91 Å². The van der Waals surface area contributed by atoms with E-state index in [0.29, 0.717) is 18.7 Å². The van der Waals surface area contributed by atoms with Crippen LogP contribution in [0.3, 0.4) is 0 Å². The third-order valence-electron chi connectivity index (χ3n) is 3.64. The molecule has 0 radical (unpaired) electrons. The summed E-state index contributed by atoms with van der Waals surface area (Å²) in [6, 6.07) is 7.20. The summed E-state index contributed by atoms with van der Waals surface area (Å²) in [6.07, 6.45) is 2.20. The molecule has 2 rings (SSSR count). The van der Waals surface area contributed by atoms with Crippen LogP contribution in [0.4, 0.5) is 0 Å². The molecular formula is C16H20BrNO4. The predicted octanol–water partition coefficient (Wildman–Crippen LogP) is 2.63. The van der Waals surface area contributed by atoms with Gasteiger partial charge in [0.05, 0.1) is 19.6 Å². The maximum atomic E-state index is 12.6. The number of ether oxygens (including phenoxy) is 2. The summed E-state index contributed by atoms with van der Waals surface area (Å²) < 4.78 is 11.2. The molecule has 1 saturated heterocycles. The minimum absolute atomic E-state index is 0.0528. The highest BCUT2D eigenvalue weighted by Gasteiger charge is 2.24. The zero-order valence-corrected chi connectivity index (χ0v) is 14.2. The molecular weight excluding hydrogens is 350 g/mol. The first kappa shape index (κ1) is 17.0. The predicted molar refractivity (Wildman–Crippen MR) is 85.7 cm³/mol. The number of methoxy groups -OCH3 is 1. The van der Waals surface area contributed by atoms with E-state index >= 15 is 0 Å². The van der Waals surface area contributed by atoms with Crippen molar-refractivity contribution in [3.63, 3.8) is 0 Å². The number of rotatable bonds is 6. The molecule has 0 aromatic heterocycles. The van der Waals surface area contributed by atoms with Crippen LogP contribution in [0.25, 0.3) is 0 Å². The largest absolute Gasteiger partial charge is 0.469 e. The lowest BCUT2D eigenvalue weighted by Gasteiger charge is -2.25. The van der Waals surface area contributed by atoms with Gasteiger partial charge in [0.2, 0.25) is 0 Å². The smallest absolute Gasteiger partial charge is 0.307 e. The molecule has 1 aromatic carbocycles. The van der Waals surface area contributed by atoms with E-state index in [1.807, 2.05) is 12.1 Å². The number of benzene rings is 1. The van der Waals surface area contributed by atoms with Crippen molar-refractivity contribution in [3.8, 4) is 0 Å². The first-order valence-corrected chi connectivity index (χ1v) is 8.12. The van der Waals surface area contributed by atoms with E-state index in [9.17, 15) is 9.59 Å². The fourth-order valence-corrected chi connectivity index (χ4v) is 2.68. The molecule has 0 bridgehead atoms. The number of amides is 1. The van der Waals surface area contributed by atoms with Gasteiger partial charge < -0.3 is 14.4 Å². The number of hydrogen-bond acceptors (Lipinski definition) is 4. The molecule has 0 saturated carbocycles. The maximum Gasteiger partial charge on any atom is 0.307 e. The van der Waals surface area contributed by atoms with E-state index < -0.39 is 0 Å². The Bertz CT molecular complexity index is 511. The molecule has 1 atom stereocenters. The number of carbonyl (C=O) groups is 2. The van der Waals surface area contributed by atoms with Crippen molar-refractivity contribution in [2.24, 2.45) is 0 Å². The van der Waals surface area contributed by atoms with E-state index in [-0.39, 0.29) is 24.4 Å². The summed E-state index contributed by atoms with van der Waals surface area (Å²) in [6.45, 7) is 1.58. The van der Waals surface area contributed by atoms with Crippen LogP contribution < -0.4 is 0 Å². The van der Waals surface area contributed by atoms with Crippen LogP contribution in [0.2, 0.25) is 0 Å². The summed E-state index contributed by atoms with van der Waals surface area (Å²) in [4.78, 5) is 25.7. The van der Waals surface area contributed by atoms with Crippen LogP contribution in [0.5, 0.6) is 0 Å². The summed E-state index contributed by atoms with van der Waals surface area (Å²) >= 11 is 3.36. The summed E-state index contributed by atoms with van der Waals surface area (Å²) in [7, 11) is 1.35. The Morgan fingerprint density at radius 2 is 2.09 bits per heavy atom. The molecule has 22 heavy (non-hydrogen) atoms. The minimum atomic E-state index is -0.319. The van der Waals surface area contributed by atoms with Crippen molar-refractivity contribution in [1.82, 2.24) is 4.90 Å². The van der Waals surface area contributed by atoms with Crippen LogP contribution in [0.1, 0.15) is 29.6 Å². The summed E-state index contributed by atoms with van der Waals surface area (Å²) in [5, 5.41) is 0. The fourth-order valence-electron chi connectivity index (χ4n) is 2.41. The zero-order valence-electron chi connectivity index (χ0n) is 12.6. The Morgan fingerprint density at radius 1 is 1.36 bits per heavy atom. The number of hydrogen-bond donors (Lipinski definition) is 0. The van der Waals surface area contributed by atoms with Gasteiger partial charge in [-0.2, -0.15) is 0 Å². The number of nitrogens with zero attached hydrogens (tertiary/aromatic N) is 1. The number of carbonyl (C=O) groups excluding carboxylic acids is 2. The Hall–Kier alpha value is -1.40. The molecule has 1 unspecified atom stereocenters. The summed E-state index contributed by atoms with van der Waals surface area (Å²) in [5.41, 5.74) is 0.603. The molecule has 0 spiro atoms. The van der Waals surface area contributed by atoms with Crippen LogP contribution in [0, 0.1) is 0 Å². The van der Waals surface area contributed by atoms with Crippen molar-refractivity contribution in [2.75, 3.05) is 26.8 Å². The Labute approximate surface area is 138 Å². The topological polar surface area (TPSA) is 55.8 Å². The van der Waals surface area contributed by atoms with Gasteiger partial charge in [-0.25, -0.2) is 0 Å². The Kier molecular flexibility index (Phi) is 6.39. The zero-order chi connectivity index (χ0) is 15.9. The molecule has 120 valence electrons. The molecule has 1 aliphatic heterocycles. The molecule has 1 aliphatic rings. The van der Waals surface area contributed by atoms with E-state index in [2.05, 4.69) is 20.7 Å². The van der Waals surface area contributed by atoms with Gasteiger partial charge in [-0.1, -0.05) is 15.9 Å². The van der Waals surface area contributed by atoms with Gasteiger partial charge in [-0.3, -0.25) is 9.59 Å². The van der Waals surface area contributed by atoms with E-state index in [4.69, 9.17) is 4.74 Å². The molecule has 5 nitrogen and oxygen atoms in total. The van der Waals surface area contributed by atoms with E-state index in [1.54, 1.807) is 17.0 Å². The van der Waals surface area contributed by atoms with Crippen LogP contribution in [-0.2, 0) is 14.3 Å². The van der Waals surface area contributed by atoms with Gasteiger partial charge in [-0.15, -0.1) is 0 Å². The second-order valence-electron chi connectivity index (χ2n) is 5.22. The lowest BCUT2D eigenvalue weighted by Crippen LogP contribution is -2.38. The second kappa shape index (κ2) is 8.29. The fraction of sp³-hybridized carbons (Fsp3) is 0.500.